The number of anilines is 1. The monoisotopic (exact) mass is 283 g/mol. The number of rotatable bonds is 2. The SMILES string of the molecule is Cc1nn(C)c2ncc(NC(=O)c3cncc(O)c3)cc12. The number of aromatic nitrogens is 4. The molecule has 3 aromatic rings. The van der Waals surface area contributed by atoms with Crippen molar-refractivity contribution < 1.29 is 9.90 Å². The van der Waals surface area contributed by atoms with Gasteiger partial charge in [0.15, 0.2) is 5.65 Å². The van der Waals surface area contributed by atoms with Crippen LogP contribution < -0.4 is 5.32 Å². The fraction of sp³-hybridized carbons (Fsp3) is 0.143. The summed E-state index contributed by atoms with van der Waals surface area (Å²) in [6.07, 6.45) is 4.22. The van der Waals surface area contributed by atoms with E-state index in [2.05, 4.69) is 20.4 Å². The smallest absolute Gasteiger partial charge is 0.257 e. The maximum atomic E-state index is 12.1. The molecule has 3 heterocycles. The number of hydrogen-bond donors (Lipinski definition) is 2. The second-order valence-electron chi connectivity index (χ2n) is 4.69. The van der Waals surface area contributed by atoms with Crippen LogP contribution in [0.2, 0.25) is 0 Å². The summed E-state index contributed by atoms with van der Waals surface area (Å²) in [5.41, 5.74) is 2.43. The lowest BCUT2D eigenvalue weighted by Gasteiger charge is -2.05. The van der Waals surface area contributed by atoms with E-state index in [-0.39, 0.29) is 17.2 Å². The van der Waals surface area contributed by atoms with Crippen LogP contribution in [-0.4, -0.2) is 30.8 Å². The summed E-state index contributed by atoms with van der Waals surface area (Å²) in [5, 5.41) is 17.2. The Morgan fingerprint density at radius 3 is 2.86 bits per heavy atom. The lowest BCUT2D eigenvalue weighted by Crippen LogP contribution is -2.12. The van der Waals surface area contributed by atoms with Crippen molar-refractivity contribution in [3.05, 3.63) is 42.0 Å². The second-order valence-corrected chi connectivity index (χ2v) is 4.69. The van der Waals surface area contributed by atoms with E-state index in [0.29, 0.717) is 5.69 Å². The van der Waals surface area contributed by atoms with Crippen molar-refractivity contribution in [1.82, 2.24) is 19.7 Å². The van der Waals surface area contributed by atoms with E-state index in [0.717, 1.165) is 16.7 Å². The van der Waals surface area contributed by atoms with Gasteiger partial charge in [0.25, 0.3) is 5.91 Å². The van der Waals surface area contributed by atoms with Gasteiger partial charge in [0.05, 0.1) is 29.3 Å². The predicted octanol–water partition coefficient (Wildman–Crippen LogP) is 1.63. The van der Waals surface area contributed by atoms with Gasteiger partial charge in [-0.2, -0.15) is 5.10 Å². The van der Waals surface area contributed by atoms with E-state index in [1.54, 1.807) is 10.9 Å². The van der Waals surface area contributed by atoms with Gasteiger partial charge in [-0.05, 0) is 19.1 Å². The molecule has 106 valence electrons. The Kier molecular flexibility index (Phi) is 3.02. The summed E-state index contributed by atoms with van der Waals surface area (Å²) in [6, 6.07) is 3.17. The molecule has 0 aliphatic rings. The molecular weight excluding hydrogens is 270 g/mol. The zero-order chi connectivity index (χ0) is 15.0. The molecular formula is C14H13N5O2. The van der Waals surface area contributed by atoms with Crippen molar-refractivity contribution in [3.8, 4) is 5.75 Å². The summed E-state index contributed by atoms with van der Waals surface area (Å²) >= 11 is 0. The van der Waals surface area contributed by atoms with Gasteiger partial charge < -0.3 is 10.4 Å². The van der Waals surface area contributed by atoms with Gasteiger partial charge in [-0.15, -0.1) is 0 Å². The third kappa shape index (κ3) is 2.40. The van der Waals surface area contributed by atoms with Crippen LogP contribution in [-0.2, 0) is 7.05 Å². The van der Waals surface area contributed by atoms with Gasteiger partial charge in [0.1, 0.15) is 5.75 Å². The fourth-order valence-corrected chi connectivity index (χ4v) is 2.13. The standard InChI is InChI=1S/C14H13N5O2/c1-8-12-4-10(6-16-13(12)19(2)18-8)17-14(21)9-3-11(20)7-15-5-9/h3-7,20H,1-2H3,(H,17,21). The highest BCUT2D eigenvalue weighted by Crippen LogP contribution is 2.20. The number of pyridine rings is 2. The number of fused-ring (bicyclic) bond motifs is 1. The lowest BCUT2D eigenvalue weighted by molar-refractivity contribution is 0.102. The Bertz CT molecular complexity index is 840. The van der Waals surface area contributed by atoms with Crippen LogP contribution in [0.15, 0.2) is 30.7 Å². The van der Waals surface area contributed by atoms with Gasteiger partial charge in [-0.3, -0.25) is 14.5 Å². The molecule has 7 heteroatoms. The van der Waals surface area contributed by atoms with Crippen LogP contribution in [0, 0.1) is 6.92 Å². The first kappa shape index (κ1) is 13.0. The summed E-state index contributed by atoms with van der Waals surface area (Å²) in [7, 11) is 1.82. The van der Waals surface area contributed by atoms with E-state index in [1.807, 2.05) is 20.0 Å². The van der Waals surface area contributed by atoms with Crippen molar-refractivity contribution in [1.29, 1.82) is 0 Å². The Labute approximate surface area is 120 Å². The first-order valence-corrected chi connectivity index (χ1v) is 6.29. The number of carbonyl (C=O) groups is 1. The Balaban J connectivity index is 1.91. The molecule has 0 saturated heterocycles. The topological polar surface area (TPSA) is 92.9 Å². The average Bonchev–Trinajstić information content (AvgIpc) is 2.74. The van der Waals surface area contributed by atoms with Gasteiger partial charge in [0, 0.05) is 18.6 Å². The number of aryl methyl sites for hydroxylation is 2. The fourth-order valence-electron chi connectivity index (χ4n) is 2.13. The molecule has 0 unspecified atom stereocenters. The molecule has 3 rings (SSSR count). The molecule has 2 N–H and O–H groups in total. The molecule has 21 heavy (non-hydrogen) atoms. The molecule has 0 aliphatic carbocycles. The predicted molar refractivity (Wildman–Crippen MR) is 77.1 cm³/mol. The quantitative estimate of drug-likeness (QED) is 0.745. The van der Waals surface area contributed by atoms with Crippen molar-refractivity contribution in [2.75, 3.05) is 5.32 Å². The van der Waals surface area contributed by atoms with Gasteiger partial charge in [-0.1, -0.05) is 0 Å². The van der Waals surface area contributed by atoms with Crippen LogP contribution in [0.25, 0.3) is 11.0 Å². The molecule has 3 aromatic heterocycles. The molecule has 1 amide bonds. The van der Waals surface area contributed by atoms with E-state index >= 15 is 0 Å². The summed E-state index contributed by atoms with van der Waals surface area (Å²) < 4.78 is 1.69. The van der Waals surface area contributed by atoms with E-state index < -0.39 is 0 Å². The maximum absolute atomic E-state index is 12.1. The highest BCUT2D eigenvalue weighted by atomic mass is 16.3. The molecule has 0 aromatic carbocycles. The minimum atomic E-state index is -0.360. The Morgan fingerprint density at radius 2 is 2.10 bits per heavy atom. The first-order valence-electron chi connectivity index (χ1n) is 6.29. The number of amides is 1. The number of carbonyl (C=O) groups excluding carboxylic acids is 1. The maximum Gasteiger partial charge on any atom is 0.257 e. The van der Waals surface area contributed by atoms with E-state index in [1.165, 1.54) is 18.5 Å². The largest absolute Gasteiger partial charge is 0.506 e. The van der Waals surface area contributed by atoms with Crippen LogP contribution in [0.1, 0.15) is 16.1 Å². The van der Waals surface area contributed by atoms with Crippen LogP contribution in [0.5, 0.6) is 5.75 Å². The van der Waals surface area contributed by atoms with Crippen molar-refractivity contribution >= 4 is 22.6 Å². The third-order valence-corrected chi connectivity index (χ3v) is 3.11. The van der Waals surface area contributed by atoms with E-state index in [4.69, 9.17) is 0 Å². The Morgan fingerprint density at radius 1 is 1.29 bits per heavy atom. The highest BCUT2D eigenvalue weighted by molar-refractivity contribution is 6.04. The number of nitrogens with one attached hydrogen (secondary N) is 1. The van der Waals surface area contributed by atoms with Crippen LogP contribution in [0.3, 0.4) is 0 Å². The first-order chi connectivity index (χ1) is 10.0. The van der Waals surface area contributed by atoms with E-state index in [9.17, 15) is 9.90 Å². The summed E-state index contributed by atoms with van der Waals surface area (Å²) in [5.74, 6) is -0.416. The number of aromatic hydroxyl groups is 1. The molecule has 0 radical (unpaired) electrons. The van der Waals surface area contributed by atoms with Gasteiger partial charge in [-0.25, -0.2) is 4.98 Å². The molecule has 7 nitrogen and oxygen atoms in total. The molecule has 0 atom stereocenters. The second kappa shape index (κ2) is 4.86. The van der Waals surface area contributed by atoms with Crippen molar-refractivity contribution in [2.24, 2.45) is 7.05 Å². The molecule has 0 spiro atoms. The number of hydrogen-bond acceptors (Lipinski definition) is 5. The zero-order valence-corrected chi connectivity index (χ0v) is 11.5. The highest BCUT2D eigenvalue weighted by Gasteiger charge is 2.11. The minimum absolute atomic E-state index is 0.0562. The molecule has 0 saturated carbocycles. The molecule has 0 bridgehead atoms. The van der Waals surface area contributed by atoms with Gasteiger partial charge in [0.2, 0.25) is 0 Å². The van der Waals surface area contributed by atoms with Crippen molar-refractivity contribution in [3.63, 3.8) is 0 Å². The zero-order valence-electron chi connectivity index (χ0n) is 11.5. The van der Waals surface area contributed by atoms with Gasteiger partial charge >= 0.3 is 0 Å². The summed E-state index contributed by atoms with van der Waals surface area (Å²) in [6.45, 7) is 1.88. The number of nitrogens with zero attached hydrogens (tertiary/aromatic N) is 4. The van der Waals surface area contributed by atoms with Crippen molar-refractivity contribution in [2.45, 2.75) is 6.92 Å². The third-order valence-electron chi connectivity index (χ3n) is 3.11. The molecule has 0 fully saturated rings. The average molecular weight is 283 g/mol. The lowest BCUT2D eigenvalue weighted by atomic mass is 10.2. The van der Waals surface area contributed by atoms with Crippen LogP contribution in [0.4, 0.5) is 5.69 Å². The Hall–Kier alpha value is -2.96. The molecule has 0 aliphatic heterocycles. The summed E-state index contributed by atoms with van der Waals surface area (Å²) in [4.78, 5) is 20.1. The van der Waals surface area contributed by atoms with Crippen LogP contribution >= 0.6 is 0 Å². The minimum Gasteiger partial charge on any atom is -0.506 e. The normalized spacial score (nSPS) is 10.8.